The second-order valence-electron chi connectivity index (χ2n) is 6.47. The van der Waals surface area contributed by atoms with Crippen molar-refractivity contribution >= 4 is 11.9 Å². The van der Waals surface area contributed by atoms with Crippen molar-refractivity contribution in [3.63, 3.8) is 0 Å². The SMILES string of the molecule is CCCCCCCCc1cccc(C=CC(=O)c2ccc(F)cc2)c1. The van der Waals surface area contributed by atoms with Gasteiger partial charge in [0.1, 0.15) is 5.82 Å². The number of rotatable bonds is 10. The van der Waals surface area contributed by atoms with Crippen molar-refractivity contribution in [2.45, 2.75) is 51.9 Å². The summed E-state index contributed by atoms with van der Waals surface area (Å²) in [5, 5.41) is 0. The Kier molecular flexibility index (Phi) is 8.11. The number of carbonyl (C=O) groups is 1. The molecule has 0 aliphatic heterocycles. The highest BCUT2D eigenvalue weighted by molar-refractivity contribution is 6.06. The molecule has 0 fully saturated rings. The molecule has 0 amide bonds. The average molecular weight is 338 g/mol. The van der Waals surface area contributed by atoms with Gasteiger partial charge in [0, 0.05) is 5.56 Å². The molecule has 132 valence electrons. The van der Waals surface area contributed by atoms with Crippen molar-refractivity contribution < 1.29 is 9.18 Å². The van der Waals surface area contributed by atoms with E-state index in [1.54, 1.807) is 6.08 Å². The Morgan fingerprint density at radius 1 is 0.960 bits per heavy atom. The third kappa shape index (κ3) is 7.04. The Balaban J connectivity index is 1.85. The fourth-order valence-electron chi connectivity index (χ4n) is 2.84. The second kappa shape index (κ2) is 10.6. The van der Waals surface area contributed by atoms with E-state index in [9.17, 15) is 9.18 Å². The topological polar surface area (TPSA) is 17.1 Å². The van der Waals surface area contributed by atoms with E-state index in [1.807, 2.05) is 18.2 Å². The fourth-order valence-corrected chi connectivity index (χ4v) is 2.84. The Hall–Kier alpha value is -2.22. The molecule has 0 aromatic heterocycles. The zero-order chi connectivity index (χ0) is 17.9. The number of benzene rings is 2. The van der Waals surface area contributed by atoms with Gasteiger partial charge in [0.05, 0.1) is 0 Å². The van der Waals surface area contributed by atoms with Gasteiger partial charge < -0.3 is 0 Å². The van der Waals surface area contributed by atoms with Gasteiger partial charge in [0.2, 0.25) is 0 Å². The summed E-state index contributed by atoms with van der Waals surface area (Å²) in [5.74, 6) is -0.441. The van der Waals surface area contributed by atoms with Gasteiger partial charge in [-0.25, -0.2) is 4.39 Å². The Morgan fingerprint density at radius 3 is 2.44 bits per heavy atom. The molecule has 0 radical (unpaired) electrons. The summed E-state index contributed by atoms with van der Waals surface area (Å²) in [7, 11) is 0. The van der Waals surface area contributed by atoms with Crippen LogP contribution < -0.4 is 0 Å². The Bertz CT molecular complexity index is 685. The molecule has 2 heteroatoms. The van der Waals surface area contributed by atoms with E-state index < -0.39 is 0 Å². The highest BCUT2D eigenvalue weighted by Gasteiger charge is 2.02. The summed E-state index contributed by atoms with van der Waals surface area (Å²) in [4.78, 5) is 12.1. The zero-order valence-electron chi connectivity index (χ0n) is 15.0. The molecule has 1 nitrogen and oxygen atoms in total. The van der Waals surface area contributed by atoms with E-state index in [4.69, 9.17) is 0 Å². The Morgan fingerprint density at radius 2 is 1.68 bits per heavy atom. The smallest absolute Gasteiger partial charge is 0.185 e. The average Bonchev–Trinajstić information content (AvgIpc) is 2.63. The maximum atomic E-state index is 12.9. The first-order valence-electron chi connectivity index (χ1n) is 9.26. The van der Waals surface area contributed by atoms with Crippen LogP contribution in [-0.4, -0.2) is 5.78 Å². The van der Waals surface area contributed by atoms with Crippen LogP contribution in [0.25, 0.3) is 6.08 Å². The van der Waals surface area contributed by atoms with Crippen molar-refractivity contribution in [1.82, 2.24) is 0 Å². The molecule has 0 bridgehead atoms. The molecular formula is C23H27FO. The zero-order valence-corrected chi connectivity index (χ0v) is 15.0. The second-order valence-corrected chi connectivity index (χ2v) is 6.47. The van der Waals surface area contributed by atoms with Crippen LogP contribution in [-0.2, 0) is 6.42 Å². The molecule has 0 aliphatic carbocycles. The van der Waals surface area contributed by atoms with E-state index in [1.165, 1.54) is 68.4 Å². The van der Waals surface area contributed by atoms with E-state index >= 15 is 0 Å². The fraction of sp³-hybridized carbons (Fsp3) is 0.348. The van der Waals surface area contributed by atoms with Crippen LogP contribution >= 0.6 is 0 Å². The number of unbranched alkanes of at least 4 members (excludes halogenated alkanes) is 5. The summed E-state index contributed by atoms with van der Waals surface area (Å²) >= 11 is 0. The largest absolute Gasteiger partial charge is 0.289 e. The molecular weight excluding hydrogens is 311 g/mol. The number of carbonyl (C=O) groups excluding carboxylic acids is 1. The molecule has 2 aromatic carbocycles. The minimum absolute atomic E-state index is 0.110. The van der Waals surface area contributed by atoms with Gasteiger partial charge in [-0.3, -0.25) is 4.79 Å². The van der Waals surface area contributed by atoms with Crippen LogP contribution in [0.2, 0.25) is 0 Å². The molecule has 0 aliphatic rings. The number of hydrogen-bond acceptors (Lipinski definition) is 1. The first-order valence-corrected chi connectivity index (χ1v) is 9.26. The van der Waals surface area contributed by atoms with Crippen LogP contribution in [0, 0.1) is 5.82 Å². The number of ketones is 1. The van der Waals surface area contributed by atoms with Gasteiger partial charge in [-0.15, -0.1) is 0 Å². The molecule has 0 saturated carbocycles. The third-order valence-corrected chi connectivity index (χ3v) is 4.33. The van der Waals surface area contributed by atoms with Gasteiger partial charge in [0.25, 0.3) is 0 Å². The summed E-state index contributed by atoms with van der Waals surface area (Å²) in [5.41, 5.74) is 2.84. The van der Waals surface area contributed by atoms with Gasteiger partial charge in [-0.1, -0.05) is 69.4 Å². The highest BCUT2D eigenvalue weighted by atomic mass is 19.1. The lowest BCUT2D eigenvalue weighted by Gasteiger charge is -2.03. The number of hydrogen-bond donors (Lipinski definition) is 0. The minimum atomic E-state index is -0.331. The molecule has 0 atom stereocenters. The molecule has 2 aromatic rings. The number of allylic oxidation sites excluding steroid dienone is 1. The molecule has 25 heavy (non-hydrogen) atoms. The molecule has 2 rings (SSSR count). The first kappa shape index (κ1) is 19.1. The summed E-state index contributed by atoms with van der Waals surface area (Å²) in [6.45, 7) is 2.24. The lowest BCUT2D eigenvalue weighted by molar-refractivity contribution is 0.104. The van der Waals surface area contributed by atoms with Gasteiger partial charge in [-0.05, 0) is 54.3 Å². The molecule has 0 unspecified atom stereocenters. The van der Waals surface area contributed by atoms with Crippen LogP contribution in [0.3, 0.4) is 0 Å². The predicted octanol–water partition coefficient (Wildman–Crippen LogP) is 6.62. The summed E-state index contributed by atoms with van der Waals surface area (Å²) in [6.07, 6.45) is 12.2. The van der Waals surface area contributed by atoms with Gasteiger partial charge >= 0.3 is 0 Å². The molecule has 0 N–H and O–H groups in total. The van der Waals surface area contributed by atoms with Crippen molar-refractivity contribution in [3.05, 3.63) is 77.1 Å². The molecule has 0 spiro atoms. The van der Waals surface area contributed by atoms with Crippen molar-refractivity contribution in [2.75, 3.05) is 0 Å². The minimum Gasteiger partial charge on any atom is -0.289 e. The lowest BCUT2D eigenvalue weighted by atomic mass is 10.0. The van der Waals surface area contributed by atoms with Crippen LogP contribution in [0.1, 0.15) is 66.9 Å². The molecule has 0 saturated heterocycles. The summed E-state index contributed by atoms with van der Waals surface area (Å²) < 4.78 is 12.9. The first-order chi connectivity index (χ1) is 12.2. The highest BCUT2D eigenvalue weighted by Crippen LogP contribution is 2.13. The monoisotopic (exact) mass is 338 g/mol. The van der Waals surface area contributed by atoms with Crippen molar-refractivity contribution in [1.29, 1.82) is 0 Å². The van der Waals surface area contributed by atoms with E-state index in [0.717, 1.165) is 12.0 Å². The van der Waals surface area contributed by atoms with E-state index in [0.29, 0.717) is 5.56 Å². The summed E-state index contributed by atoms with van der Waals surface area (Å²) in [6, 6.07) is 14.0. The van der Waals surface area contributed by atoms with E-state index in [-0.39, 0.29) is 11.6 Å². The third-order valence-electron chi connectivity index (χ3n) is 4.33. The lowest BCUT2D eigenvalue weighted by Crippen LogP contribution is -1.94. The number of aryl methyl sites for hydroxylation is 1. The molecule has 0 heterocycles. The van der Waals surface area contributed by atoms with E-state index in [2.05, 4.69) is 19.1 Å². The van der Waals surface area contributed by atoms with Gasteiger partial charge in [0.15, 0.2) is 5.78 Å². The van der Waals surface area contributed by atoms with Crippen molar-refractivity contribution in [2.24, 2.45) is 0 Å². The normalized spacial score (nSPS) is 11.1. The van der Waals surface area contributed by atoms with Crippen LogP contribution in [0.15, 0.2) is 54.6 Å². The Labute approximate surface area is 150 Å². The number of halogens is 1. The van der Waals surface area contributed by atoms with Crippen molar-refractivity contribution in [3.8, 4) is 0 Å². The standard InChI is InChI=1S/C23H27FO/c1-2-3-4-5-6-7-9-19-10-8-11-20(18-19)12-17-23(25)21-13-15-22(24)16-14-21/h8,10-18H,2-7,9H2,1H3. The van der Waals surface area contributed by atoms with Gasteiger partial charge in [-0.2, -0.15) is 0 Å². The maximum Gasteiger partial charge on any atom is 0.185 e. The quantitative estimate of drug-likeness (QED) is 0.270. The predicted molar refractivity (Wildman–Crippen MR) is 103 cm³/mol. The maximum absolute atomic E-state index is 12.9. The van der Waals surface area contributed by atoms with Crippen LogP contribution in [0.5, 0.6) is 0 Å². The van der Waals surface area contributed by atoms with Crippen LogP contribution in [0.4, 0.5) is 4.39 Å².